The summed E-state index contributed by atoms with van der Waals surface area (Å²) >= 11 is 0. The average molecular weight is 392 g/mol. The minimum atomic E-state index is -1.24. The molecular formula is C21H28O7. The summed E-state index contributed by atoms with van der Waals surface area (Å²) < 4.78 is 17.7. The monoisotopic (exact) mass is 392 g/mol. The highest BCUT2D eigenvalue weighted by Gasteiger charge is 2.80. The van der Waals surface area contributed by atoms with Crippen molar-refractivity contribution in [3.05, 3.63) is 11.5 Å². The van der Waals surface area contributed by atoms with Gasteiger partial charge in [-0.15, -0.1) is 0 Å². The maximum Gasteiger partial charge on any atom is 0.287 e. The number of aliphatic hydroxyl groups excluding tert-OH is 1. The van der Waals surface area contributed by atoms with E-state index < -0.39 is 34.2 Å². The Bertz CT molecular complexity index is 816. The third-order valence-corrected chi connectivity index (χ3v) is 8.52. The summed E-state index contributed by atoms with van der Waals surface area (Å²) in [5.41, 5.74) is -3.22. The smallest absolute Gasteiger partial charge is 0.287 e. The molecular weight excluding hydrogens is 364 g/mol. The summed E-state index contributed by atoms with van der Waals surface area (Å²) in [5.74, 6) is -0.387. The number of Topliss-reactive ketones (excluding diaryl/α,β-unsaturated/α-hetero) is 2. The van der Waals surface area contributed by atoms with Crippen molar-refractivity contribution in [2.45, 2.75) is 82.9 Å². The summed E-state index contributed by atoms with van der Waals surface area (Å²) in [7, 11) is 0. The second-order valence-electron chi connectivity index (χ2n) is 10.1. The number of rotatable bonds is 1. The number of ether oxygens (including phenoxy) is 3. The number of carbonyl (C=O) groups excluding carboxylic acids is 2. The van der Waals surface area contributed by atoms with Gasteiger partial charge in [-0.2, -0.15) is 0 Å². The predicted octanol–water partition coefficient (Wildman–Crippen LogP) is 1.25. The topological polar surface area (TPSA) is 106 Å². The minimum Gasteiger partial charge on any atom is -0.459 e. The van der Waals surface area contributed by atoms with Crippen LogP contribution in [0.3, 0.4) is 0 Å². The lowest BCUT2D eigenvalue weighted by Gasteiger charge is -2.65. The second-order valence-corrected chi connectivity index (χ2v) is 10.1. The maximum absolute atomic E-state index is 13.4. The number of aliphatic hydroxyl groups is 2. The quantitative estimate of drug-likeness (QED) is 0.647. The van der Waals surface area contributed by atoms with Crippen molar-refractivity contribution in [1.82, 2.24) is 0 Å². The maximum atomic E-state index is 13.4. The van der Waals surface area contributed by atoms with E-state index >= 15 is 0 Å². The Kier molecular flexibility index (Phi) is 3.44. The Labute approximate surface area is 164 Å². The summed E-state index contributed by atoms with van der Waals surface area (Å²) in [4.78, 5) is 26.1. The fourth-order valence-corrected chi connectivity index (χ4v) is 6.57. The fourth-order valence-electron chi connectivity index (χ4n) is 6.57. The van der Waals surface area contributed by atoms with Crippen molar-refractivity contribution in [3.8, 4) is 0 Å². The largest absolute Gasteiger partial charge is 0.459 e. The second kappa shape index (κ2) is 5.18. The molecule has 0 amide bonds. The van der Waals surface area contributed by atoms with E-state index in [-0.39, 0.29) is 42.6 Å². The molecule has 7 heteroatoms. The van der Waals surface area contributed by atoms with Crippen LogP contribution in [0.5, 0.6) is 0 Å². The Morgan fingerprint density at radius 2 is 1.82 bits per heavy atom. The van der Waals surface area contributed by atoms with E-state index in [9.17, 15) is 19.8 Å². The number of hydrogen-bond acceptors (Lipinski definition) is 7. The van der Waals surface area contributed by atoms with Gasteiger partial charge in [0, 0.05) is 11.3 Å². The minimum absolute atomic E-state index is 0.0830. The number of hydrogen-bond donors (Lipinski definition) is 2. The van der Waals surface area contributed by atoms with Gasteiger partial charge in [0.15, 0.2) is 11.6 Å². The first-order chi connectivity index (χ1) is 13.0. The Hall–Kier alpha value is -1.44. The fraction of sp³-hybridized carbons (Fsp3) is 0.810. The van der Waals surface area contributed by atoms with Crippen molar-refractivity contribution in [3.63, 3.8) is 0 Å². The highest BCUT2D eigenvalue weighted by atomic mass is 16.7. The van der Waals surface area contributed by atoms with Crippen LogP contribution in [0.25, 0.3) is 0 Å². The molecule has 7 nitrogen and oxygen atoms in total. The molecule has 2 saturated carbocycles. The van der Waals surface area contributed by atoms with Crippen LogP contribution >= 0.6 is 0 Å². The third kappa shape index (κ3) is 1.91. The third-order valence-electron chi connectivity index (χ3n) is 8.52. The van der Waals surface area contributed by atoms with E-state index in [1.807, 2.05) is 27.7 Å². The molecule has 154 valence electrons. The van der Waals surface area contributed by atoms with Crippen molar-refractivity contribution in [2.24, 2.45) is 16.7 Å². The molecule has 0 bridgehead atoms. The first kappa shape index (κ1) is 18.6. The highest BCUT2D eigenvalue weighted by Crippen LogP contribution is 2.69. The van der Waals surface area contributed by atoms with E-state index in [0.717, 1.165) is 0 Å². The van der Waals surface area contributed by atoms with Gasteiger partial charge < -0.3 is 24.4 Å². The SMILES string of the molecule is CC1(C)[C@@H]2O[C@@H]2C(=O)[C@]2(C)[C@@H]3CC4=C(O[C@@H](CO)CC4=O)O[C@@]3(C)CC[C@]12O. The zero-order valence-corrected chi connectivity index (χ0v) is 16.8. The zero-order chi connectivity index (χ0) is 20.3. The van der Waals surface area contributed by atoms with Crippen molar-refractivity contribution in [2.75, 3.05) is 6.61 Å². The molecule has 0 aromatic rings. The molecule has 2 aliphatic carbocycles. The van der Waals surface area contributed by atoms with Crippen LogP contribution in [0, 0.1) is 16.7 Å². The molecule has 3 fully saturated rings. The molecule has 3 heterocycles. The van der Waals surface area contributed by atoms with Gasteiger partial charge in [-0.3, -0.25) is 9.59 Å². The summed E-state index contributed by atoms with van der Waals surface area (Å²) in [6.45, 7) is 7.45. The van der Waals surface area contributed by atoms with Crippen LogP contribution in [0.4, 0.5) is 0 Å². The number of allylic oxidation sites excluding steroid dienone is 1. The van der Waals surface area contributed by atoms with E-state index in [1.165, 1.54) is 0 Å². The van der Waals surface area contributed by atoms with Gasteiger partial charge in [0.05, 0.1) is 35.7 Å². The van der Waals surface area contributed by atoms with E-state index in [4.69, 9.17) is 14.2 Å². The molecule has 0 unspecified atom stereocenters. The molecule has 3 aliphatic heterocycles. The van der Waals surface area contributed by atoms with Crippen LogP contribution in [0.1, 0.15) is 53.4 Å². The number of fused-ring (bicyclic) bond motifs is 4. The van der Waals surface area contributed by atoms with E-state index in [1.54, 1.807) is 0 Å². The standard InChI is InChI=1S/C21H28O7/c1-18(2)16-14(27-16)15(24)20(4)13-8-11-12(23)7-10(9-22)26-17(11)28-19(13,3)5-6-21(18,20)25/h10,13-14,16,22,25H,5-9H2,1-4H3/t10-,13-,14-,16-,19+,20+,21+/m1/s1. The lowest BCUT2D eigenvalue weighted by Crippen LogP contribution is -2.74. The van der Waals surface area contributed by atoms with Gasteiger partial charge in [-0.05, 0) is 33.1 Å². The number of epoxide rings is 1. The van der Waals surface area contributed by atoms with Gasteiger partial charge >= 0.3 is 0 Å². The molecule has 5 rings (SSSR count). The Morgan fingerprint density at radius 3 is 2.50 bits per heavy atom. The van der Waals surface area contributed by atoms with Gasteiger partial charge in [0.25, 0.3) is 5.95 Å². The van der Waals surface area contributed by atoms with Crippen molar-refractivity contribution in [1.29, 1.82) is 0 Å². The molecule has 0 spiro atoms. The van der Waals surface area contributed by atoms with E-state index in [2.05, 4.69) is 0 Å². The zero-order valence-electron chi connectivity index (χ0n) is 16.8. The van der Waals surface area contributed by atoms with Crippen LogP contribution < -0.4 is 0 Å². The summed E-state index contributed by atoms with van der Waals surface area (Å²) in [6.07, 6.45) is 0.00903. The summed E-state index contributed by atoms with van der Waals surface area (Å²) in [6, 6.07) is 0. The number of carbonyl (C=O) groups is 2. The Morgan fingerprint density at radius 1 is 1.11 bits per heavy atom. The first-order valence-electron chi connectivity index (χ1n) is 10.1. The summed E-state index contributed by atoms with van der Waals surface area (Å²) in [5, 5.41) is 21.3. The van der Waals surface area contributed by atoms with Crippen LogP contribution in [0.15, 0.2) is 11.5 Å². The lowest BCUT2D eigenvalue weighted by atomic mass is 9.41. The first-order valence-corrected chi connectivity index (χ1v) is 10.1. The van der Waals surface area contributed by atoms with Crippen molar-refractivity contribution >= 4 is 11.6 Å². The van der Waals surface area contributed by atoms with Crippen LogP contribution in [-0.4, -0.2) is 57.9 Å². The van der Waals surface area contributed by atoms with Gasteiger partial charge in [0.1, 0.15) is 17.8 Å². The number of ketones is 2. The average Bonchev–Trinajstić information content (AvgIpc) is 3.44. The molecule has 0 radical (unpaired) electrons. The molecule has 2 N–H and O–H groups in total. The molecule has 28 heavy (non-hydrogen) atoms. The predicted molar refractivity (Wildman–Crippen MR) is 95.9 cm³/mol. The Balaban J connectivity index is 1.62. The molecule has 0 aromatic heterocycles. The van der Waals surface area contributed by atoms with Crippen molar-refractivity contribution < 1.29 is 34.0 Å². The van der Waals surface area contributed by atoms with Gasteiger partial charge in [-0.25, -0.2) is 0 Å². The molecule has 0 aromatic carbocycles. The van der Waals surface area contributed by atoms with Crippen LogP contribution in [0.2, 0.25) is 0 Å². The highest BCUT2D eigenvalue weighted by molar-refractivity contribution is 5.98. The lowest BCUT2D eigenvalue weighted by molar-refractivity contribution is -0.265. The molecule has 7 atom stereocenters. The van der Waals surface area contributed by atoms with Gasteiger partial charge in [-0.1, -0.05) is 13.8 Å². The normalized spacial score (nSPS) is 51.2. The molecule has 5 aliphatic rings. The van der Waals surface area contributed by atoms with Gasteiger partial charge in [0.2, 0.25) is 0 Å². The molecule has 1 saturated heterocycles. The van der Waals surface area contributed by atoms with E-state index in [0.29, 0.717) is 24.8 Å². The van der Waals surface area contributed by atoms with Crippen LogP contribution in [-0.2, 0) is 23.8 Å².